The first-order chi connectivity index (χ1) is 8.52. The highest BCUT2D eigenvalue weighted by atomic mass is 35.5. The fourth-order valence-electron chi connectivity index (χ4n) is 1.38. The van der Waals surface area contributed by atoms with Crippen molar-refractivity contribution in [3.8, 4) is 5.75 Å². The highest BCUT2D eigenvalue weighted by Crippen LogP contribution is 2.40. The van der Waals surface area contributed by atoms with Crippen LogP contribution < -0.4 is 4.74 Å². The predicted octanol–water partition coefficient (Wildman–Crippen LogP) is 5.31. The number of halogens is 5. The minimum absolute atomic E-state index is 0.0770. The summed E-state index contributed by atoms with van der Waals surface area (Å²) in [6.45, 7) is 5.88. The fourth-order valence-corrected chi connectivity index (χ4v) is 1.54. The van der Waals surface area contributed by atoms with Gasteiger partial charge in [-0.15, -0.1) is 0 Å². The van der Waals surface area contributed by atoms with E-state index in [2.05, 4.69) is 0 Å². The molecule has 0 aliphatic rings. The van der Waals surface area contributed by atoms with Crippen LogP contribution >= 0.6 is 11.6 Å². The Hall–Kier alpha value is -0.970. The van der Waals surface area contributed by atoms with Gasteiger partial charge in [0.15, 0.2) is 5.82 Å². The molecular formula is C13H15ClF4O. The average Bonchev–Trinajstić information content (AvgIpc) is 2.19. The smallest absolute Gasteiger partial charge is 0.422 e. The number of ether oxygens (including phenoxy) is 1. The predicted molar refractivity (Wildman–Crippen MR) is 66.0 cm³/mol. The third-order valence-corrected chi connectivity index (χ3v) is 2.74. The zero-order valence-electron chi connectivity index (χ0n) is 10.9. The fraction of sp³-hybridized carbons (Fsp3) is 0.538. The minimum Gasteiger partial charge on any atom is -0.493 e. The van der Waals surface area contributed by atoms with Gasteiger partial charge in [-0.1, -0.05) is 32.4 Å². The number of rotatable bonds is 3. The third-order valence-electron chi connectivity index (χ3n) is 2.45. The van der Waals surface area contributed by atoms with E-state index >= 15 is 0 Å². The molecule has 0 spiro atoms. The van der Waals surface area contributed by atoms with Gasteiger partial charge in [0, 0.05) is 0 Å². The highest BCUT2D eigenvalue weighted by molar-refractivity contribution is 6.30. The molecular weight excluding hydrogens is 284 g/mol. The van der Waals surface area contributed by atoms with Crippen molar-refractivity contribution in [2.24, 2.45) is 5.41 Å². The van der Waals surface area contributed by atoms with Crippen LogP contribution in [0.2, 0.25) is 5.02 Å². The van der Waals surface area contributed by atoms with Gasteiger partial charge in [0.05, 0.1) is 11.6 Å². The Morgan fingerprint density at radius 3 is 2.21 bits per heavy atom. The molecule has 108 valence electrons. The standard InChI is InChI=1S/C13H15ClF4O/c1-12(2,3)6-7-19-9-5-4-8(14)11(15)10(9)13(16,17)18/h4-5H,6-7H2,1-3H3. The summed E-state index contributed by atoms with van der Waals surface area (Å²) in [5.41, 5.74) is -1.53. The van der Waals surface area contributed by atoms with Crippen LogP contribution in [0, 0.1) is 11.2 Å². The molecule has 6 heteroatoms. The topological polar surface area (TPSA) is 9.23 Å². The second-order valence-corrected chi connectivity index (χ2v) is 5.80. The maximum Gasteiger partial charge on any atom is 0.422 e. The summed E-state index contributed by atoms with van der Waals surface area (Å²) < 4.78 is 56.9. The van der Waals surface area contributed by atoms with Crippen LogP contribution in [0.5, 0.6) is 5.75 Å². The molecule has 1 nitrogen and oxygen atoms in total. The zero-order chi connectivity index (χ0) is 14.8. The molecule has 0 aliphatic heterocycles. The van der Waals surface area contributed by atoms with Crippen LogP contribution in [0.4, 0.5) is 17.6 Å². The van der Waals surface area contributed by atoms with Crippen molar-refractivity contribution in [2.75, 3.05) is 6.61 Å². The second-order valence-electron chi connectivity index (χ2n) is 5.39. The normalized spacial score (nSPS) is 12.6. The molecule has 19 heavy (non-hydrogen) atoms. The maximum absolute atomic E-state index is 13.5. The van der Waals surface area contributed by atoms with E-state index in [1.165, 1.54) is 0 Å². The molecule has 1 aromatic carbocycles. The van der Waals surface area contributed by atoms with Crippen LogP contribution in [-0.4, -0.2) is 6.61 Å². The number of alkyl halides is 3. The van der Waals surface area contributed by atoms with Crippen molar-refractivity contribution >= 4 is 11.6 Å². The van der Waals surface area contributed by atoms with Gasteiger partial charge < -0.3 is 4.74 Å². The summed E-state index contributed by atoms with van der Waals surface area (Å²) >= 11 is 5.37. The number of hydrogen-bond acceptors (Lipinski definition) is 1. The molecule has 0 bridgehead atoms. The van der Waals surface area contributed by atoms with Crippen molar-refractivity contribution in [2.45, 2.75) is 33.4 Å². The van der Waals surface area contributed by atoms with Crippen molar-refractivity contribution in [1.29, 1.82) is 0 Å². The van der Waals surface area contributed by atoms with Crippen molar-refractivity contribution < 1.29 is 22.3 Å². The van der Waals surface area contributed by atoms with Gasteiger partial charge in [-0.3, -0.25) is 0 Å². The first-order valence-corrected chi connectivity index (χ1v) is 6.08. The summed E-state index contributed by atoms with van der Waals surface area (Å²) in [4.78, 5) is 0. The molecule has 0 saturated heterocycles. The summed E-state index contributed by atoms with van der Waals surface area (Å²) in [7, 11) is 0. The minimum atomic E-state index is -4.84. The largest absolute Gasteiger partial charge is 0.493 e. The number of benzene rings is 1. The third kappa shape index (κ3) is 4.56. The van der Waals surface area contributed by atoms with Gasteiger partial charge >= 0.3 is 6.18 Å². The molecule has 0 unspecified atom stereocenters. The van der Waals surface area contributed by atoms with E-state index in [0.717, 1.165) is 12.1 Å². The molecule has 0 radical (unpaired) electrons. The van der Waals surface area contributed by atoms with Gasteiger partial charge in [-0.2, -0.15) is 13.2 Å². The Labute approximate surface area is 114 Å². The lowest BCUT2D eigenvalue weighted by Crippen LogP contribution is -2.15. The van der Waals surface area contributed by atoms with Crippen LogP contribution in [0.15, 0.2) is 12.1 Å². The molecule has 0 amide bonds. The Bertz CT molecular complexity index is 449. The van der Waals surface area contributed by atoms with E-state index < -0.39 is 28.3 Å². The molecule has 1 aromatic rings. The zero-order valence-corrected chi connectivity index (χ0v) is 11.6. The van der Waals surface area contributed by atoms with Crippen LogP contribution in [-0.2, 0) is 6.18 Å². The Morgan fingerprint density at radius 1 is 1.16 bits per heavy atom. The van der Waals surface area contributed by atoms with Crippen molar-refractivity contribution in [3.63, 3.8) is 0 Å². The molecule has 0 fully saturated rings. The Balaban J connectivity index is 2.99. The first kappa shape index (κ1) is 16.1. The lowest BCUT2D eigenvalue weighted by Gasteiger charge is -2.20. The highest BCUT2D eigenvalue weighted by Gasteiger charge is 2.39. The van der Waals surface area contributed by atoms with E-state index in [9.17, 15) is 17.6 Å². The first-order valence-electron chi connectivity index (χ1n) is 5.70. The van der Waals surface area contributed by atoms with Gasteiger partial charge in [0.2, 0.25) is 0 Å². The van der Waals surface area contributed by atoms with E-state index in [1.807, 2.05) is 20.8 Å². The molecule has 1 rings (SSSR count). The Morgan fingerprint density at radius 2 is 1.74 bits per heavy atom. The second kappa shape index (κ2) is 5.57. The summed E-state index contributed by atoms with van der Waals surface area (Å²) in [6, 6.07) is 2.09. The molecule has 0 aliphatic carbocycles. The van der Waals surface area contributed by atoms with E-state index in [0.29, 0.717) is 6.42 Å². The van der Waals surface area contributed by atoms with Gasteiger partial charge in [-0.25, -0.2) is 4.39 Å². The van der Waals surface area contributed by atoms with Gasteiger partial charge in [0.1, 0.15) is 11.3 Å². The van der Waals surface area contributed by atoms with Crippen molar-refractivity contribution in [1.82, 2.24) is 0 Å². The number of hydrogen-bond donors (Lipinski definition) is 0. The van der Waals surface area contributed by atoms with E-state index in [4.69, 9.17) is 16.3 Å². The quantitative estimate of drug-likeness (QED) is 0.687. The van der Waals surface area contributed by atoms with E-state index in [1.54, 1.807) is 0 Å². The van der Waals surface area contributed by atoms with Crippen molar-refractivity contribution in [3.05, 3.63) is 28.5 Å². The lowest BCUT2D eigenvalue weighted by molar-refractivity contribution is -0.141. The SMILES string of the molecule is CC(C)(C)CCOc1ccc(Cl)c(F)c1C(F)(F)F. The van der Waals surface area contributed by atoms with Gasteiger partial charge in [-0.05, 0) is 24.0 Å². The molecule has 0 aromatic heterocycles. The molecule has 0 atom stereocenters. The van der Waals surface area contributed by atoms with E-state index in [-0.39, 0.29) is 12.0 Å². The average molecular weight is 299 g/mol. The Kier molecular flexibility index (Phi) is 4.72. The van der Waals surface area contributed by atoms with Crippen LogP contribution in [0.25, 0.3) is 0 Å². The molecule has 0 saturated carbocycles. The summed E-state index contributed by atoms with van der Waals surface area (Å²) in [5.74, 6) is -2.03. The maximum atomic E-state index is 13.5. The van der Waals surface area contributed by atoms with Gasteiger partial charge in [0.25, 0.3) is 0 Å². The summed E-state index contributed by atoms with van der Waals surface area (Å²) in [6.07, 6.45) is -4.29. The lowest BCUT2D eigenvalue weighted by atomic mass is 9.93. The van der Waals surface area contributed by atoms with Crippen LogP contribution in [0.3, 0.4) is 0 Å². The molecule has 0 N–H and O–H groups in total. The summed E-state index contributed by atoms with van der Waals surface area (Å²) in [5, 5.41) is -0.574. The molecule has 0 heterocycles. The monoisotopic (exact) mass is 298 g/mol. The van der Waals surface area contributed by atoms with Crippen LogP contribution in [0.1, 0.15) is 32.8 Å².